The third-order valence-electron chi connectivity index (χ3n) is 2.71. The predicted octanol–water partition coefficient (Wildman–Crippen LogP) is 3.56. The smallest absolute Gasteiger partial charge is 0.0394 e. The zero-order chi connectivity index (χ0) is 11.7. The topological polar surface area (TPSA) is 52.0 Å². The van der Waals surface area contributed by atoms with Crippen LogP contribution in [0.5, 0.6) is 0 Å². The summed E-state index contributed by atoms with van der Waals surface area (Å²) >= 11 is 0. The summed E-state index contributed by atoms with van der Waals surface area (Å²) in [4.78, 5) is 0. The zero-order valence-corrected chi connectivity index (χ0v) is 10.8. The molecule has 17 heavy (non-hydrogen) atoms. The van der Waals surface area contributed by atoms with E-state index in [9.17, 15) is 0 Å². The second-order valence-electron chi connectivity index (χ2n) is 4.18. The summed E-state index contributed by atoms with van der Waals surface area (Å²) in [5, 5.41) is 0. The molecule has 3 heteroatoms. The van der Waals surface area contributed by atoms with E-state index in [1.54, 1.807) is 0 Å². The molecule has 0 heterocycles. The SMILES string of the molecule is Cc1ccc(N)c(-c2cc(C)ccc2N)c1.Cl. The number of halogens is 1. The molecule has 4 N–H and O–H groups in total. The molecular weight excluding hydrogens is 232 g/mol. The normalized spacial score (nSPS) is 9.76. The van der Waals surface area contributed by atoms with Gasteiger partial charge in [-0.05, 0) is 38.1 Å². The average molecular weight is 249 g/mol. The van der Waals surface area contributed by atoms with Gasteiger partial charge in [0.05, 0.1) is 0 Å². The fourth-order valence-electron chi connectivity index (χ4n) is 1.81. The van der Waals surface area contributed by atoms with Crippen molar-refractivity contribution < 1.29 is 0 Å². The molecular formula is C14H17ClN2. The number of rotatable bonds is 1. The van der Waals surface area contributed by atoms with Crippen LogP contribution in [0.2, 0.25) is 0 Å². The first-order chi connectivity index (χ1) is 7.58. The summed E-state index contributed by atoms with van der Waals surface area (Å²) in [6, 6.07) is 12.0. The van der Waals surface area contributed by atoms with Gasteiger partial charge < -0.3 is 11.5 Å². The van der Waals surface area contributed by atoms with Crippen molar-refractivity contribution in [2.45, 2.75) is 13.8 Å². The van der Waals surface area contributed by atoms with E-state index >= 15 is 0 Å². The van der Waals surface area contributed by atoms with E-state index in [4.69, 9.17) is 11.5 Å². The van der Waals surface area contributed by atoms with Crippen LogP contribution in [0.25, 0.3) is 11.1 Å². The molecule has 0 saturated heterocycles. The van der Waals surface area contributed by atoms with Gasteiger partial charge in [-0.3, -0.25) is 0 Å². The van der Waals surface area contributed by atoms with Crippen molar-refractivity contribution in [3.05, 3.63) is 47.5 Å². The molecule has 0 aliphatic heterocycles. The number of hydrogen-bond acceptors (Lipinski definition) is 2. The van der Waals surface area contributed by atoms with E-state index in [0.29, 0.717) is 0 Å². The average Bonchev–Trinajstić information content (AvgIpc) is 2.25. The third kappa shape index (κ3) is 2.71. The highest BCUT2D eigenvalue weighted by atomic mass is 35.5. The van der Waals surface area contributed by atoms with Gasteiger partial charge in [0, 0.05) is 22.5 Å². The van der Waals surface area contributed by atoms with Crippen molar-refractivity contribution in [1.29, 1.82) is 0 Å². The molecule has 2 rings (SSSR count). The number of hydrogen-bond donors (Lipinski definition) is 2. The Morgan fingerprint density at radius 3 is 1.41 bits per heavy atom. The van der Waals surface area contributed by atoms with Crippen LogP contribution in [0, 0.1) is 13.8 Å². The Kier molecular flexibility index (Phi) is 4.02. The number of nitrogens with two attached hydrogens (primary N) is 2. The van der Waals surface area contributed by atoms with Crippen LogP contribution >= 0.6 is 12.4 Å². The molecule has 0 aliphatic rings. The van der Waals surface area contributed by atoms with Crippen molar-refractivity contribution in [2.24, 2.45) is 0 Å². The van der Waals surface area contributed by atoms with Crippen LogP contribution in [0.4, 0.5) is 11.4 Å². The van der Waals surface area contributed by atoms with Crippen LogP contribution in [-0.4, -0.2) is 0 Å². The number of anilines is 2. The van der Waals surface area contributed by atoms with Gasteiger partial charge in [-0.1, -0.05) is 23.3 Å². The lowest BCUT2D eigenvalue weighted by Crippen LogP contribution is -1.95. The van der Waals surface area contributed by atoms with Crippen molar-refractivity contribution in [3.8, 4) is 11.1 Å². The van der Waals surface area contributed by atoms with Crippen LogP contribution in [0.15, 0.2) is 36.4 Å². The second-order valence-corrected chi connectivity index (χ2v) is 4.18. The Labute approximate surface area is 108 Å². The summed E-state index contributed by atoms with van der Waals surface area (Å²) in [7, 11) is 0. The van der Waals surface area contributed by atoms with Gasteiger partial charge in [-0.15, -0.1) is 12.4 Å². The minimum atomic E-state index is 0. The first-order valence-electron chi connectivity index (χ1n) is 5.30. The molecule has 0 aromatic heterocycles. The monoisotopic (exact) mass is 248 g/mol. The Bertz CT molecular complexity index is 486. The highest BCUT2D eigenvalue weighted by molar-refractivity contribution is 5.85. The minimum absolute atomic E-state index is 0. The van der Waals surface area contributed by atoms with E-state index in [2.05, 4.69) is 26.0 Å². The molecule has 2 aromatic carbocycles. The maximum atomic E-state index is 5.98. The minimum Gasteiger partial charge on any atom is -0.398 e. The summed E-state index contributed by atoms with van der Waals surface area (Å²) < 4.78 is 0. The van der Waals surface area contributed by atoms with Crippen molar-refractivity contribution in [2.75, 3.05) is 11.5 Å². The molecule has 2 aromatic rings. The van der Waals surface area contributed by atoms with Crippen LogP contribution < -0.4 is 11.5 Å². The quantitative estimate of drug-likeness (QED) is 0.759. The Balaban J connectivity index is 0.00000144. The number of aryl methyl sites for hydroxylation is 2. The summed E-state index contributed by atoms with van der Waals surface area (Å²) in [6.07, 6.45) is 0. The summed E-state index contributed by atoms with van der Waals surface area (Å²) in [5.41, 5.74) is 17.9. The largest absolute Gasteiger partial charge is 0.398 e. The molecule has 0 amide bonds. The molecule has 0 spiro atoms. The van der Waals surface area contributed by atoms with Crippen molar-refractivity contribution in [1.82, 2.24) is 0 Å². The highest BCUT2D eigenvalue weighted by Crippen LogP contribution is 2.31. The van der Waals surface area contributed by atoms with Crippen LogP contribution in [-0.2, 0) is 0 Å². The molecule has 0 bridgehead atoms. The van der Waals surface area contributed by atoms with Crippen molar-refractivity contribution in [3.63, 3.8) is 0 Å². The lowest BCUT2D eigenvalue weighted by Gasteiger charge is -2.10. The van der Waals surface area contributed by atoms with Gasteiger partial charge in [-0.25, -0.2) is 0 Å². The van der Waals surface area contributed by atoms with E-state index in [-0.39, 0.29) is 12.4 Å². The lowest BCUT2D eigenvalue weighted by atomic mass is 9.98. The van der Waals surface area contributed by atoms with Crippen molar-refractivity contribution >= 4 is 23.8 Å². The molecule has 0 unspecified atom stereocenters. The predicted molar refractivity (Wildman–Crippen MR) is 77.4 cm³/mol. The number of benzene rings is 2. The zero-order valence-electron chi connectivity index (χ0n) is 10.0. The van der Waals surface area contributed by atoms with Gasteiger partial charge in [0.15, 0.2) is 0 Å². The van der Waals surface area contributed by atoms with Gasteiger partial charge in [0.2, 0.25) is 0 Å². The maximum Gasteiger partial charge on any atom is 0.0394 e. The lowest BCUT2D eigenvalue weighted by molar-refractivity contribution is 1.44. The Morgan fingerprint density at radius 1 is 0.706 bits per heavy atom. The first-order valence-corrected chi connectivity index (χ1v) is 5.30. The molecule has 0 radical (unpaired) electrons. The number of nitrogen functional groups attached to an aromatic ring is 2. The fraction of sp³-hybridized carbons (Fsp3) is 0.143. The molecule has 0 fully saturated rings. The van der Waals surface area contributed by atoms with E-state index in [0.717, 1.165) is 22.5 Å². The molecule has 0 saturated carbocycles. The Hall–Kier alpha value is -1.67. The Morgan fingerprint density at radius 2 is 1.06 bits per heavy atom. The first kappa shape index (κ1) is 13.4. The standard InChI is InChI=1S/C14H16N2.ClH/c1-9-3-5-13(15)11(7-9)12-8-10(2)4-6-14(12)16;/h3-8H,15-16H2,1-2H3;1H. The molecule has 90 valence electrons. The van der Waals surface area contributed by atoms with Gasteiger partial charge in [0.25, 0.3) is 0 Å². The fourth-order valence-corrected chi connectivity index (χ4v) is 1.81. The van der Waals surface area contributed by atoms with Crippen LogP contribution in [0.3, 0.4) is 0 Å². The molecule has 0 aliphatic carbocycles. The summed E-state index contributed by atoms with van der Waals surface area (Å²) in [5.74, 6) is 0. The van der Waals surface area contributed by atoms with Gasteiger partial charge in [0.1, 0.15) is 0 Å². The third-order valence-corrected chi connectivity index (χ3v) is 2.71. The second kappa shape index (κ2) is 5.11. The molecule has 2 nitrogen and oxygen atoms in total. The molecule has 0 atom stereocenters. The van der Waals surface area contributed by atoms with Gasteiger partial charge in [-0.2, -0.15) is 0 Å². The highest BCUT2D eigenvalue weighted by Gasteiger charge is 2.06. The van der Waals surface area contributed by atoms with Gasteiger partial charge >= 0.3 is 0 Å². The van der Waals surface area contributed by atoms with E-state index in [1.807, 2.05) is 24.3 Å². The van der Waals surface area contributed by atoms with Crippen LogP contribution in [0.1, 0.15) is 11.1 Å². The van der Waals surface area contributed by atoms with E-state index < -0.39 is 0 Å². The summed E-state index contributed by atoms with van der Waals surface area (Å²) in [6.45, 7) is 4.10. The van der Waals surface area contributed by atoms with E-state index in [1.165, 1.54) is 11.1 Å². The maximum absolute atomic E-state index is 5.98.